The summed E-state index contributed by atoms with van der Waals surface area (Å²) in [5.41, 5.74) is 6.60. The number of likely N-dealkylation sites (tertiary alicyclic amines) is 1. The molecule has 3 heterocycles. The third kappa shape index (κ3) is 4.09. The third-order valence-electron chi connectivity index (χ3n) is 5.79. The fourth-order valence-corrected chi connectivity index (χ4v) is 4.24. The van der Waals surface area contributed by atoms with Gasteiger partial charge < -0.3 is 15.4 Å². The van der Waals surface area contributed by atoms with Gasteiger partial charge in [-0.15, -0.1) is 0 Å². The van der Waals surface area contributed by atoms with E-state index in [-0.39, 0.29) is 35.1 Å². The van der Waals surface area contributed by atoms with Gasteiger partial charge in [-0.2, -0.15) is 18.3 Å². The van der Waals surface area contributed by atoms with Crippen molar-refractivity contribution in [2.24, 2.45) is 0 Å². The van der Waals surface area contributed by atoms with Crippen molar-refractivity contribution in [2.75, 3.05) is 18.9 Å². The molecular formula is C22H24F3N5O2. The summed E-state index contributed by atoms with van der Waals surface area (Å²) in [6, 6.07) is 6.08. The predicted molar refractivity (Wildman–Crippen MR) is 113 cm³/mol. The van der Waals surface area contributed by atoms with Crippen LogP contribution in [0.5, 0.6) is 5.75 Å². The lowest BCUT2D eigenvalue weighted by molar-refractivity contribution is -0.137. The van der Waals surface area contributed by atoms with Crippen molar-refractivity contribution >= 4 is 22.8 Å². The number of pyridine rings is 1. The van der Waals surface area contributed by atoms with Gasteiger partial charge in [0.1, 0.15) is 11.6 Å². The Morgan fingerprint density at radius 2 is 2.00 bits per heavy atom. The van der Waals surface area contributed by atoms with Crippen LogP contribution in [-0.4, -0.2) is 39.1 Å². The first-order valence-electron chi connectivity index (χ1n) is 10.4. The predicted octanol–water partition coefficient (Wildman–Crippen LogP) is 4.31. The monoisotopic (exact) mass is 447 g/mol. The SMILES string of the molecule is Cc1cccc(C)c1OCC(=O)N1CCCC[C@H]1c1cc(C(F)(F)F)c2c(N)[nH]nc2n1. The number of nitrogens with zero attached hydrogens (tertiary/aromatic N) is 3. The summed E-state index contributed by atoms with van der Waals surface area (Å²) in [4.78, 5) is 18.9. The Morgan fingerprint density at radius 1 is 1.28 bits per heavy atom. The quantitative estimate of drug-likeness (QED) is 0.621. The highest BCUT2D eigenvalue weighted by Crippen LogP contribution is 2.39. The standard InChI is InChI=1S/C22H24F3N5O2/c1-12-6-5-7-13(2)19(12)32-11-17(31)30-9-4-3-8-16(30)15-10-14(22(23,24)25)18-20(26)28-29-21(18)27-15/h5-7,10,16H,3-4,8-9,11H2,1-2H3,(H3,26,27,28,29)/t16-/m0/s1. The van der Waals surface area contributed by atoms with E-state index in [1.54, 1.807) is 4.90 Å². The summed E-state index contributed by atoms with van der Waals surface area (Å²) in [6.07, 6.45) is -2.60. The second kappa shape index (κ2) is 8.33. The number of nitrogens with one attached hydrogen (secondary N) is 1. The summed E-state index contributed by atoms with van der Waals surface area (Å²) in [5.74, 6) is 0.152. The summed E-state index contributed by atoms with van der Waals surface area (Å²) < 4.78 is 47.0. The van der Waals surface area contributed by atoms with Gasteiger partial charge in [-0.1, -0.05) is 18.2 Å². The van der Waals surface area contributed by atoms with Crippen LogP contribution in [0.2, 0.25) is 0 Å². The van der Waals surface area contributed by atoms with Crippen molar-refractivity contribution in [1.82, 2.24) is 20.1 Å². The number of para-hydroxylation sites is 1. The average molecular weight is 447 g/mol. The molecule has 0 spiro atoms. The lowest BCUT2D eigenvalue weighted by atomic mass is 9.97. The van der Waals surface area contributed by atoms with E-state index in [1.807, 2.05) is 32.0 Å². The highest BCUT2D eigenvalue weighted by atomic mass is 19.4. The summed E-state index contributed by atoms with van der Waals surface area (Å²) >= 11 is 0. The maximum absolute atomic E-state index is 13.7. The number of aromatic nitrogens is 3. The normalized spacial score (nSPS) is 17.0. The average Bonchev–Trinajstić information content (AvgIpc) is 3.12. The number of benzene rings is 1. The highest BCUT2D eigenvalue weighted by Gasteiger charge is 2.37. The molecule has 170 valence electrons. The molecule has 1 atom stereocenters. The first-order chi connectivity index (χ1) is 15.2. The van der Waals surface area contributed by atoms with E-state index in [9.17, 15) is 18.0 Å². The molecule has 0 unspecified atom stereocenters. The number of hydrogen-bond acceptors (Lipinski definition) is 5. The van der Waals surface area contributed by atoms with E-state index in [0.29, 0.717) is 18.7 Å². The number of fused-ring (bicyclic) bond motifs is 1. The maximum atomic E-state index is 13.7. The lowest BCUT2D eigenvalue weighted by Crippen LogP contribution is -2.41. The molecule has 1 aromatic carbocycles. The van der Waals surface area contributed by atoms with Gasteiger partial charge in [0.15, 0.2) is 12.3 Å². The molecule has 7 nitrogen and oxygen atoms in total. The Labute approximate surface area is 182 Å². The van der Waals surface area contributed by atoms with Crippen molar-refractivity contribution in [3.05, 3.63) is 46.6 Å². The molecule has 0 aliphatic carbocycles. The molecule has 1 amide bonds. The molecule has 1 aliphatic rings. The molecule has 3 aromatic rings. The van der Waals surface area contributed by atoms with E-state index in [4.69, 9.17) is 10.5 Å². The van der Waals surface area contributed by atoms with Crippen LogP contribution < -0.4 is 10.5 Å². The second-order valence-electron chi connectivity index (χ2n) is 8.04. The van der Waals surface area contributed by atoms with Crippen LogP contribution in [0.1, 0.15) is 47.7 Å². The zero-order valence-electron chi connectivity index (χ0n) is 17.8. The van der Waals surface area contributed by atoms with Gasteiger partial charge in [0.2, 0.25) is 0 Å². The van der Waals surface area contributed by atoms with Gasteiger partial charge in [-0.3, -0.25) is 9.89 Å². The Balaban J connectivity index is 1.64. The van der Waals surface area contributed by atoms with Gasteiger partial charge in [0.05, 0.1) is 22.7 Å². The van der Waals surface area contributed by atoms with Gasteiger partial charge in [0.25, 0.3) is 5.91 Å². The Kier molecular flexibility index (Phi) is 5.70. The number of amides is 1. The van der Waals surface area contributed by atoms with Gasteiger partial charge in [-0.05, 0) is 50.3 Å². The number of halogens is 3. The van der Waals surface area contributed by atoms with Crippen LogP contribution >= 0.6 is 0 Å². The molecule has 4 rings (SSSR count). The number of nitrogen functional groups attached to an aromatic ring is 1. The molecule has 1 fully saturated rings. The fourth-order valence-electron chi connectivity index (χ4n) is 4.24. The molecule has 2 aromatic heterocycles. The minimum atomic E-state index is -4.64. The summed E-state index contributed by atoms with van der Waals surface area (Å²) in [6.45, 7) is 4.00. The molecule has 0 radical (unpaired) electrons. The Bertz CT molecular complexity index is 1140. The summed E-state index contributed by atoms with van der Waals surface area (Å²) in [5, 5.41) is 5.93. The Hall–Kier alpha value is -3.30. The zero-order valence-corrected chi connectivity index (χ0v) is 17.8. The smallest absolute Gasteiger partial charge is 0.417 e. The minimum absolute atomic E-state index is 0.114. The number of hydrogen-bond donors (Lipinski definition) is 2. The van der Waals surface area contributed by atoms with E-state index in [0.717, 1.165) is 30.0 Å². The number of aryl methyl sites for hydroxylation is 2. The highest BCUT2D eigenvalue weighted by molar-refractivity contribution is 5.90. The van der Waals surface area contributed by atoms with Gasteiger partial charge >= 0.3 is 6.18 Å². The fraction of sp³-hybridized carbons (Fsp3) is 0.409. The number of carbonyl (C=O) groups excluding carboxylic acids is 1. The molecule has 1 saturated heterocycles. The molecular weight excluding hydrogens is 423 g/mol. The molecule has 0 saturated carbocycles. The number of piperidine rings is 1. The number of alkyl halides is 3. The van der Waals surface area contributed by atoms with E-state index in [2.05, 4.69) is 15.2 Å². The zero-order chi connectivity index (χ0) is 23.0. The minimum Gasteiger partial charge on any atom is -0.483 e. The van der Waals surface area contributed by atoms with Crippen LogP contribution in [0.4, 0.5) is 19.0 Å². The van der Waals surface area contributed by atoms with E-state index < -0.39 is 17.8 Å². The Morgan fingerprint density at radius 3 is 2.69 bits per heavy atom. The first-order valence-corrected chi connectivity index (χ1v) is 10.4. The molecule has 3 N–H and O–H groups in total. The van der Waals surface area contributed by atoms with Crippen LogP contribution in [0.15, 0.2) is 24.3 Å². The number of nitrogens with two attached hydrogens (primary N) is 1. The number of carbonyl (C=O) groups is 1. The van der Waals surface area contributed by atoms with E-state index in [1.165, 1.54) is 0 Å². The number of ether oxygens (including phenoxy) is 1. The first kappa shape index (κ1) is 21.9. The van der Waals surface area contributed by atoms with Gasteiger partial charge in [0, 0.05) is 6.54 Å². The van der Waals surface area contributed by atoms with Crippen molar-refractivity contribution < 1.29 is 22.7 Å². The second-order valence-corrected chi connectivity index (χ2v) is 8.04. The molecule has 1 aliphatic heterocycles. The number of aromatic amines is 1. The molecule has 10 heteroatoms. The van der Waals surface area contributed by atoms with Crippen molar-refractivity contribution in [2.45, 2.75) is 45.3 Å². The van der Waals surface area contributed by atoms with Crippen molar-refractivity contribution in [3.63, 3.8) is 0 Å². The largest absolute Gasteiger partial charge is 0.483 e. The molecule has 32 heavy (non-hydrogen) atoms. The van der Waals surface area contributed by atoms with Crippen LogP contribution in [-0.2, 0) is 11.0 Å². The van der Waals surface area contributed by atoms with E-state index >= 15 is 0 Å². The number of H-pyrrole nitrogens is 1. The topological polar surface area (TPSA) is 97.1 Å². The lowest BCUT2D eigenvalue weighted by Gasteiger charge is -2.35. The third-order valence-corrected chi connectivity index (χ3v) is 5.79. The summed E-state index contributed by atoms with van der Waals surface area (Å²) in [7, 11) is 0. The van der Waals surface area contributed by atoms with Crippen LogP contribution in [0, 0.1) is 13.8 Å². The van der Waals surface area contributed by atoms with Gasteiger partial charge in [-0.25, -0.2) is 4.98 Å². The van der Waals surface area contributed by atoms with Crippen LogP contribution in [0.25, 0.3) is 11.0 Å². The van der Waals surface area contributed by atoms with Crippen molar-refractivity contribution in [3.8, 4) is 5.75 Å². The van der Waals surface area contributed by atoms with Crippen LogP contribution in [0.3, 0.4) is 0 Å². The molecule has 0 bridgehead atoms. The number of anilines is 1. The van der Waals surface area contributed by atoms with Crippen molar-refractivity contribution in [1.29, 1.82) is 0 Å². The number of rotatable bonds is 4. The maximum Gasteiger partial charge on any atom is 0.417 e.